The zero-order valence-corrected chi connectivity index (χ0v) is 25.3. The number of nitrogens with one attached hydrogen (secondary N) is 1. The molecular weight excluding hydrogens is 538 g/mol. The summed E-state index contributed by atoms with van der Waals surface area (Å²) in [7, 11) is 0. The van der Waals surface area contributed by atoms with E-state index >= 15 is 0 Å². The average molecular weight is 582 g/mol. The molecule has 8 heteroatoms. The Labute approximate surface area is 254 Å². The Morgan fingerprint density at radius 3 is 2.23 bits per heavy atom. The SMILES string of the molecule is CCN(C(=O)C1CC1)[C@H]1CC[C@H](CC(=O)Nc2cc(-c3ccccc3)c(-c3ccc([C@]4(N)C[C@](C)(O)C4)cc3)nn2)CC1. The van der Waals surface area contributed by atoms with Crippen molar-refractivity contribution in [2.75, 3.05) is 11.9 Å². The number of carbonyl (C=O) groups is 2. The van der Waals surface area contributed by atoms with Crippen molar-refractivity contribution in [3.8, 4) is 22.4 Å². The fourth-order valence-corrected chi connectivity index (χ4v) is 7.25. The van der Waals surface area contributed by atoms with Gasteiger partial charge in [-0.3, -0.25) is 9.59 Å². The van der Waals surface area contributed by atoms with Crippen LogP contribution in [0.25, 0.3) is 22.4 Å². The topological polar surface area (TPSA) is 121 Å². The molecule has 0 saturated heterocycles. The summed E-state index contributed by atoms with van der Waals surface area (Å²) < 4.78 is 0. The lowest BCUT2D eigenvalue weighted by atomic mass is 9.63. The van der Waals surface area contributed by atoms with Gasteiger partial charge in [0.1, 0.15) is 5.69 Å². The van der Waals surface area contributed by atoms with Crippen LogP contribution in [0.3, 0.4) is 0 Å². The second kappa shape index (κ2) is 11.8. The highest BCUT2D eigenvalue weighted by atomic mass is 16.3. The first-order valence-corrected chi connectivity index (χ1v) is 15.8. The predicted octanol–water partition coefficient (Wildman–Crippen LogP) is 5.66. The van der Waals surface area contributed by atoms with Crippen LogP contribution in [-0.2, 0) is 15.1 Å². The molecule has 6 rings (SSSR count). The van der Waals surface area contributed by atoms with Gasteiger partial charge in [0.2, 0.25) is 11.8 Å². The van der Waals surface area contributed by atoms with E-state index in [1.807, 2.05) is 67.6 Å². The molecule has 3 aliphatic rings. The van der Waals surface area contributed by atoms with Crippen molar-refractivity contribution in [2.45, 2.75) is 88.8 Å². The maximum atomic E-state index is 13.1. The summed E-state index contributed by atoms with van der Waals surface area (Å²) in [5, 5.41) is 22.2. The molecule has 0 unspecified atom stereocenters. The summed E-state index contributed by atoms with van der Waals surface area (Å²) in [5.74, 6) is 1.25. The maximum Gasteiger partial charge on any atom is 0.225 e. The lowest BCUT2D eigenvalue weighted by Crippen LogP contribution is -2.58. The number of benzene rings is 2. The number of nitrogens with two attached hydrogens (primary N) is 1. The Hall–Kier alpha value is -3.62. The number of rotatable bonds is 9. The molecule has 0 atom stereocenters. The Balaban J connectivity index is 1.13. The van der Waals surface area contributed by atoms with E-state index in [1.54, 1.807) is 0 Å². The molecule has 0 spiro atoms. The smallest absolute Gasteiger partial charge is 0.225 e. The molecule has 8 nitrogen and oxygen atoms in total. The molecule has 1 aromatic heterocycles. The third-order valence-electron chi connectivity index (χ3n) is 9.55. The Bertz CT molecular complexity index is 1450. The van der Waals surface area contributed by atoms with Crippen molar-refractivity contribution in [2.24, 2.45) is 17.6 Å². The van der Waals surface area contributed by atoms with Gasteiger partial charge in [0.15, 0.2) is 5.82 Å². The summed E-state index contributed by atoms with van der Waals surface area (Å²) in [6.07, 6.45) is 7.38. The van der Waals surface area contributed by atoms with Gasteiger partial charge in [-0.15, -0.1) is 10.2 Å². The van der Waals surface area contributed by atoms with Gasteiger partial charge in [-0.25, -0.2) is 0 Å². The highest BCUT2D eigenvalue weighted by molar-refractivity contribution is 5.91. The summed E-state index contributed by atoms with van der Waals surface area (Å²) in [4.78, 5) is 27.8. The minimum Gasteiger partial charge on any atom is -0.390 e. The lowest BCUT2D eigenvalue weighted by molar-refractivity contribution is -0.135. The van der Waals surface area contributed by atoms with E-state index in [4.69, 9.17) is 5.73 Å². The number of hydrogen-bond acceptors (Lipinski definition) is 6. The predicted molar refractivity (Wildman–Crippen MR) is 168 cm³/mol. The number of amides is 2. The summed E-state index contributed by atoms with van der Waals surface area (Å²) in [6.45, 7) is 4.66. The molecule has 4 N–H and O–H groups in total. The molecule has 3 fully saturated rings. The first-order chi connectivity index (χ1) is 20.6. The molecule has 0 bridgehead atoms. The van der Waals surface area contributed by atoms with Crippen LogP contribution in [-0.4, -0.2) is 50.2 Å². The van der Waals surface area contributed by atoms with Crippen molar-refractivity contribution >= 4 is 17.6 Å². The second-order valence-electron chi connectivity index (χ2n) is 13.3. The molecule has 3 saturated carbocycles. The minimum atomic E-state index is -0.717. The molecule has 0 radical (unpaired) electrons. The van der Waals surface area contributed by atoms with Crippen LogP contribution in [0, 0.1) is 11.8 Å². The highest BCUT2D eigenvalue weighted by Crippen LogP contribution is 2.46. The van der Waals surface area contributed by atoms with E-state index in [1.165, 1.54) is 0 Å². The first kappa shape index (κ1) is 29.5. The normalized spacial score (nSPS) is 26.8. The molecule has 0 aliphatic heterocycles. The largest absolute Gasteiger partial charge is 0.390 e. The van der Waals surface area contributed by atoms with Crippen LogP contribution in [0.4, 0.5) is 5.82 Å². The monoisotopic (exact) mass is 581 g/mol. The fourth-order valence-electron chi connectivity index (χ4n) is 7.25. The van der Waals surface area contributed by atoms with Crippen molar-refractivity contribution in [1.29, 1.82) is 0 Å². The number of anilines is 1. The first-order valence-electron chi connectivity index (χ1n) is 15.8. The van der Waals surface area contributed by atoms with Gasteiger partial charge in [0.05, 0.1) is 5.60 Å². The summed E-state index contributed by atoms with van der Waals surface area (Å²) in [6, 6.07) is 20.2. The van der Waals surface area contributed by atoms with Gasteiger partial charge in [0.25, 0.3) is 0 Å². The number of aromatic nitrogens is 2. The van der Waals surface area contributed by atoms with Crippen molar-refractivity contribution in [3.05, 3.63) is 66.2 Å². The Kier molecular flexibility index (Phi) is 8.09. The average Bonchev–Trinajstić information content (AvgIpc) is 3.84. The molecule has 226 valence electrons. The standard InChI is InChI=1S/C35H43N5O3/c1-3-40(33(42)26-11-12-26)28-17-9-23(10-18-28)19-31(41)37-30-20-29(24-7-5-4-6-8-24)32(39-38-30)25-13-15-27(16-14-25)35(36)21-34(2,43)22-35/h4-8,13-16,20,23,26,28,43H,3,9-12,17-19,21-22,36H2,1-2H3,(H,37,38,41)/t23-,28-,34-,35-. The quantitative estimate of drug-likeness (QED) is 0.300. The van der Waals surface area contributed by atoms with E-state index in [9.17, 15) is 14.7 Å². The third-order valence-corrected chi connectivity index (χ3v) is 9.55. The second-order valence-corrected chi connectivity index (χ2v) is 13.3. The van der Waals surface area contributed by atoms with E-state index in [-0.39, 0.29) is 11.8 Å². The molecule has 43 heavy (non-hydrogen) atoms. The van der Waals surface area contributed by atoms with Gasteiger partial charge in [-0.1, -0.05) is 54.6 Å². The van der Waals surface area contributed by atoms with Gasteiger partial charge in [-0.05, 0) is 88.3 Å². The van der Waals surface area contributed by atoms with Crippen molar-refractivity contribution < 1.29 is 14.7 Å². The van der Waals surface area contributed by atoms with Gasteiger partial charge < -0.3 is 21.1 Å². The number of carbonyl (C=O) groups excluding carboxylic acids is 2. The van der Waals surface area contributed by atoms with E-state index in [2.05, 4.69) is 27.3 Å². The summed E-state index contributed by atoms with van der Waals surface area (Å²) in [5.41, 5.74) is 9.80. The number of nitrogens with zero attached hydrogens (tertiary/aromatic N) is 3. The van der Waals surface area contributed by atoms with Crippen LogP contribution in [0.2, 0.25) is 0 Å². The van der Waals surface area contributed by atoms with Crippen LogP contribution in [0.1, 0.15) is 77.2 Å². The maximum absolute atomic E-state index is 13.1. The van der Waals surface area contributed by atoms with Crippen molar-refractivity contribution in [3.63, 3.8) is 0 Å². The zero-order chi connectivity index (χ0) is 30.2. The fraction of sp³-hybridized carbons (Fsp3) is 0.486. The van der Waals surface area contributed by atoms with Crippen LogP contribution < -0.4 is 11.1 Å². The van der Waals surface area contributed by atoms with E-state index in [0.717, 1.165) is 73.0 Å². The molecule has 1 heterocycles. The molecule has 2 aromatic carbocycles. The zero-order valence-electron chi connectivity index (χ0n) is 25.3. The molecule has 3 aliphatic carbocycles. The summed E-state index contributed by atoms with van der Waals surface area (Å²) >= 11 is 0. The Morgan fingerprint density at radius 2 is 1.63 bits per heavy atom. The number of aliphatic hydroxyl groups is 1. The third kappa shape index (κ3) is 6.50. The Morgan fingerprint density at radius 1 is 0.953 bits per heavy atom. The molecule has 2 amide bonds. The van der Waals surface area contributed by atoms with E-state index < -0.39 is 11.1 Å². The van der Waals surface area contributed by atoms with Gasteiger partial charge in [0, 0.05) is 41.6 Å². The molecule has 3 aromatic rings. The van der Waals surface area contributed by atoms with Crippen LogP contribution in [0.15, 0.2) is 60.7 Å². The number of hydrogen-bond donors (Lipinski definition) is 3. The van der Waals surface area contributed by atoms with Crippen molar-refractivity contribution in [1.82, 2.24) is 15.1 Å². The van der Waals surface area contributed by atoms with Crippen LogP contribution >= 0.6 is 0 Å². The minimum absolute atomic E-state index is 0.0557. The highest BCUT2D eigenvalue weighted by Gasteiger charge is 2.49. The lowest BCUT2D eigenvalue weighted by Gasteiger charge is -2.49. The molecular formula is C35H43N5O3. The van der Waals surface area contributed by atoms with Gasteiger partial charge >= 0.3 is 0 Å². The van der Waals surface area contributed by atoms with E-state index in [0.29, 0.717) is 42.9 Å². The van der Waals surface area contributed by atoms with Crippen LogP contribution in [0.5, 0.6) is 0 Å². The van der Waals surface area contributed by atoms with Gasteiger partial charge in [-0.2, -0.15) is 0 Å².